The van der Waals surface area contributed by atoms with E-state index in [1.165, 1.54) is 30.1 Å². The highest BCUT2D eigenvalue weighted by molar-refractivity contribution is 5.90. The van der Waals surface area contributed by atoms with Gasteiger partial charge in [0.15, 0.2) is 0 Å². The number of aliphatic hydroxyl groups is 1. The molecule has 0 spiro atoms. The first-order valence-corrected chi connectivity index (χ1v) is 12.1. The topological polar surface area (TPSA) is 113 Å². The molecule has 204 valence electrons. The number of nitrogens with one attached hydrogen (secondary N) is 1. The van der Waals surface area contributed by atoms with E-state index >= 15 is 0 Å². The molecule has 0 radical (unpaired) electrons. The first kappa shape index (κ1) is 28.4. The number of para-hydroxylation sites is 1. The van der Waals surface area contributed by atoms with Crippen LogP contribution in [0.1, 0.15) is 37.9 Å². The molecular formula is C24H33F3N6O4. The Hall–Kier alpha value is -3.19. The van der Waals surface area contributed by atoms with Crippen LogP contribution in [0.4, 0.5) is 23.7 Å². The van der Waals surface area contributed by atoms with E-state index in [0.717, 1.165) is 6.07 Å². The first-order chi connectivity index (χ1) is 17.5. The van der Waals surface area contributed by atoms with Crippen molar-refractivity contribution in [3.05, 3.63) is 41.7 Å². The van der Waals surface area contributed by atoms with Crippen molar-refractivity contribution in [2.75, 3.05) is 32.1 Å². The number of rotatable bonds is 5. The zero-order chi connectivity index (χ0) is 27.2. The molecule has 1 aliphatic heterocycles. The summed E-state index contributed by atoms with van der Waals surface area (Å²) in [7, 11) is 1.46. The molecule has 2 aromatic rings. The second-order valence-electron chi connectivity index (χ2n) is 9.33. The van der Waals surface area contributed by atoms with Gasteiger partial charge in [-0.3, -0.25) is 9.48 Å². The highest BCUT2D eigenvalue weighted by Crippen LogP contribution is 2.34. The minimum atomic E-state index is -4.62. The van der Waals surface area contributed by atoms with Gasteiger partial charge in [0.05, 0.1) is 42.8 Å². The fourth-order valence-electron chi connectivity index (χ4n) is 4.10. The standard InChI is InChI=1S/C24H33F3N6O4/c1-16-11-33(17(2)14-34)22(35)9-6-10-32-12-18(29-30-32)15-37-21(16)13-31(3)23(36)28-20-8-5-4-7-19(20)24(25,26)27/h4-5,7-8,12,16-17,21,34H,6,9-11,13-15H2,1-3H3,(H,28,36)/t16-,17+,21-/m0/s1. The van der Waals surface area contributed by atoms with E-state index in [4.69, 9.17) is 4.74 Å². The van der Waals surface area contributed by atoms with Crippen molar-refractivity contribution in [2.45, 2.75) is 58.2 Å². The zero-order valence-corrected chi connectivity index (χ0v) is 21.1. The largest absolute Gasteiger partial charge is 0.418 e. The van der Waals surface area contributed by atoms with Crippen LogP contribution in [0.25, 0.3) is 0 Å². The second kappa shape index (κ2) is 12.4. The second-order valence-corrected chi connectivity index (χ2v) is 9.33. The van der Waals surface area contributed by atoms with Gasteiger partial charge in [0.25, 0.3) is 0 Å². The predicted octanol–water partition coefficient (Wildman–Crippen LogP) is 2.99. The number of carbonyl (C=O) groups excluding carboxylic acids is 2. The Morgan fingerprint density at radius 3 is 2.78 bits per heavy atom. The predicted molar refractivity (Wildman–Crippen MR) is 128 cm³/mol. The number of hydrogen-bond donors (Lipinski definition) is 2. The number of halogens is 3. The lowest BCUT2D eigenvalue weighted by molar-refractivity contribution is -0.137. The molecule has 2 N–H and O–H groups in total. The number of urea groups is 1. The van der Waals surface area contributed by atoms with Crippen LogP contribution in [0.5, 0.6) is 0 Å². The van der Waals surface area contributed by atoms with Crippen molar-refractivity contribution in [1.29, 1.82) is 0 Å². The summed E-state index contributed by atoms with van der Waals surface area (Å²) in [5.74, 6) is -0.409. The third-order valence-corrected chi connectivity index (χ3v) is 6.32. The Morgan fingerprint density at radius 2 is 2.08 bits per heavy atom. The summed E-state index contributed by atoms with van der Waals surface area (Å²) >= 11 is 0. The molecule has 3 rings (SSSR count). The number of amides is 3. The number of hydrogen-bond acceptors (Lipinski definition) is 6. The molecule has 13 heteroatoms. The molecule has 1 aromatic heterocycles. The van der Waals surface area contributed by atoms with E-state index in [1.807, 2.05) is 6.92 Å². The Balaban J connectivity index is 1.78. The van der Waals surface area contributed by atoms with E-state index in [9.17, 15) is 27.9 Å². The maximum atomic E-state index is 13.3. The molecule has 2 bridgehead atoms. The average molecular weight is 527 g/mol. The van der Waals surface area contributed by atoms with Gasteiger partial charge in [-0.05, 0) is 25.5 Å². The van der Waals surface area contributed by atoms with Gasteiger partial charge in [0.1, 0.15) is 5.69 Å². The van der Waals surface area contributed by atoms with E-state index in [2.05, 4.69) is 15.6 Å². The minimum absolute atomic E-state index is 0.0326. The third kappa shape index (κ3) is 7.65. The van der Waals surface area contributed by atoms with Crippen molar-refractivity contribution in [3.8, 4) is 0 Å². The molecule has 0 fully saturated rings. The van der Waals surface area contributed by atoms with Crippen molar-refractivity contribution >= 4 is 17.6 Å². The zero-order valence-electron chi connectivity index (χ0n) is 21.1. The lowest BCUT2D eigenvalue weighted by Crippen LogP contribution is -2.48. The Labute approximate surface area is 213 Å². The number of alkyl halides is 3. The van der Waals surface area contributed by atoms with Crippen LogP contribution in [-0.2, 0) is 28.9 Å². The molecule has 3 amide bonds. The molecular weight excluding hydrogens is 493 g/mol. The van der Waals surface area contributed by atoms with Gasteiger partial charge in [-0.25, -0.2) is 4.79 Å². The third-order valence-electron chi connectivity index (χ3n) is 6.32. The molecule has 2 heterocycles. The van der Waals surface area contributed by atoms with Crippen molar-refractivity contribution in [3.63, 3.8) is 0 Å². The number of carbonyl (C=O) groups is 2. The molecule has 0 aliphatic carbocycles. The lowest BCUT2D eigenvalue weighted by Gasteiger charge is -2.35. The number of likely N-dealkylation sites (N-methyl/N-ethyl adjacent to an activating group) is 1. The number of aliphatic hydroxyl groups excluding tert-OH is 1. The normalized spacial score (nSPS) is 20.4. The van der Waals surface area contributed by atoms with Crippen LogP contribution in [0.15, 0.2) is 30.5 Å². The van der Waals surface area contributed by atoms with E-state index < -0.39 is 29.9 Å². The van der Waals surface area contributed by atoms with Crippen molar-refractivity contribution in [2.24, 2.45) is 5.92 Å². The van der Waals surface area contributed by atoms with Gasteiger partial charge in [-0.1, -0.05) is 24.3 Å². The summed E-state index contributed by atoms with van der Waals surface area (Å²) in [6.07, 6.45) is -2.68. The molecule has 3 atom stereocenters. The van der Waals surface area contributed by atoms with Crippen LogP contribution in [0.2, 0.25) is 0 Å². The molecule has 37 heavy (non-hydrogen) atoms. The van der Waals surface area contributed by atoms with Crippen molar-refractivity contribution < 1.29 is 32.6 Å². The molecule has 10 nitrogen and oxygen atoms in total. The highest BCUT2D eigenvalue weighted by Gasteiger charge is 2.34. The lowest BCUT2D eigenvalue weighted by atomic mass is 10.0. The Kier molecular flexibility index (Phi) is 9.49. The number of benzene rings is 1. The van der Waals surface area contributed by atoms with Crippen LogP contribution >= 0.6 is 0 Å². The first-order valence-electron chi connectivity index (χ1n) is 12.1. The fourth-order valence-corrected chi connectivity index (χ4v) is 4.10. The van der Waals surface area contributed by atoms with Crippen LogP contribution in [0, 0.1) is 5.92 Å². The summed E-state index contributed by atoms with van der Waals surface area (Å²) < 4.78 is 47.8. The average Bonchev–Trinajstić information content (AvgIpc) is 3.31. The quantitative estimate of drug-likeness (QED) is 0.620. The van der Waals surface area contributed by atoms with Crippen LogP contribution in [-0.4, -0.2) is 80.7 Å². The van der Waals surface area contributed by atoms with Crippen molar-refractivity contribution in [1.82, 2.24) is 24.8 Å². The summed E-state index contributed by atoms with van der Waals surface area (Å²) in [5.41, 5.74) is -0.714. The SMILES string of the molecule is C[C@H](CO)N1C[C@H](C)[C@H](CN(C)C(=O)Nc2ccccc2C(F)(F)F)OCc2cn(nn2)CCCC1=O. The molecule has 0 saturated heterocycles. The summed E-state index contributed by atoms with van der Waals surface area (Å²) in [6.45, 7) is 4.30. The monoisotopic (exact) mass is 526 g/mol. The highest BCUT2D eigenvalue weighted by atomic mass is 19.4. The van der Waals surface area contributed by atoms with Gasteiger partial charge < -0.3 is 25.0 Å². The maximum absolute atomic E-state index is 13.3. The maximum Gasteiger partial charge on any atom is 0.418 e. The van der Waals surface area contributed by atoms with Gasteiger partial charge in [0, 0.05) is 39.0 Å². The molecule has 1 aliphatic rings. The van der Waals surface area contributed by atoms with E-state index in [1.54, 1.807) is 22.7 Å². The minimum Gasteiger partial charge on any atom is -0.394 e. The smallest absolute Gasteiger partial charge is 0.394 e. The van der Waals surface area contributed by atoms with Gasteiger partial charge in [-0.15, -0.1) is 5.10 Å². The number of nitrogens with zero attached hydrogens (tertiary/aromatic N) is 5. The summed E-state index contributed by atoms with van der Waals surface area (Å²) in [5, 5.41) is 20.2. The molecule has 0 saturated carbocycles. The Bertz CT molecular complexity index is 1060. The van der Waals surface area contributed by atoms with E-state index in [0.29, 0.717) is 18.7 Å². The van der Waals surface area contributed by atoms with Gasteiger partial charge in [0.2, 0.25) is 5.91 Å². The van der Waals surface area contributed by atoms with Crippen LogP contribution in [0.3, 0.4) is 0 Å². The van der Waals surface area contributed by atoms with Gasteiger partial charge >= 0.3 is 12.2 Å². The number of aromatic nitrogens is 3. The number of ether oxygens (including phenoxy) is 1. The summed E-state index contributed by atoms with van der Waals surface area (Å²) in [4.78, 5) is 28.6. The van der Waals surface area contributed by atoms with E-state index in [-0.39, 0.29) is 50.2 Å². The number of aryl methyl sites for hydroxylation is 1. The summed E-state index contributed by atoms with van der Waals surface area (Å²) in [6, 6.07) is 3.59. The molecule has 0 unspecified atom stereocenters. The molecule has 1 aromatic carbocycles. The van der Waals surface area contributed by atoms with Gasteiger partial charge in [-0.2, -0.15) is 13.2 Å². The fraction of sp³-hybridized carbons (Fsp3) is 0.583. The Morgan fingerprint density at radius 1 is 1.35 bits per heavy atom. The number of fused-ring (bicyclic) bond motifs is 2. The van der Waals surface area contributed by atoms with Crippen LogP contribution < -0.4 is 5.32 Å². The number of anilines is 1.